The van der Waals surface area contributed by atoms with Crippen LogP contribution in [0.25, 0.3) is 0 Å². The van der Waals surface area contributed by atoms with Gasteiger partial charge in [0.15, 0.2) is 0 Å². The Morgan fingerprint density at radius 2 is 1.95 bits per heavy atom. The van der Waals surface area contributed by atoms with Crippen molar-refractivity contribution < 1.29 is 14.7 Å². The lowest BCUT2D eigenvalue weighted by Gasteiger charge is -2.14. The number of nitrogens with one attached hydrogen (secondary N) is 2. The molecule has 5 heteroatoms. The van der Waals surface area contributed by atoms with Crippen LogP contribution in [0.3, 0.4) is 0 Å². The summed E-state index contributed by atoms with van der Waals surface area (Å²) in [6.45, 7) is 1.83. The van der Waals surface area contributed by atoms with Crippen LogP contribution in [0.1, 0.15) is 36.5 Å². The predicted molar refractivity (Wildman–Crippen MR) is 76.4 cm³/mol. The first-order valence-electron chi connectivity index (χ1n) is 6.96. The molecule has 5 nitrogen and oxygen atoms in total. The van der Waals surface area contributed by atoms with E-state index in [4.69, 9.17) is 5.11 Å². The average molecular weight is 276 g/mol. The minimum atomic E-state index is -0.225. The van der Waals surface area contributed by atoms with Crippen molar-refractivity contribution in [2.24, 2.45) is 5.92 Å². The molecule has 1 aliphatic rings. The summed E-state index contributed by atoms with van der Waals surface area (Å²) in [5, 5.41) is 14.6. The van der Waals surface area contributed by atoms with E-state index >= 15 is 0 Å². The summed E-state index contributed by atoms with van der Waals surface area (Å²) in [4.78, 5) is 23.5. The van der Waals surface area contributed by atoms with E-state index in [-0.39, 0.29) is 30.4 Å². The van der Waals surface area contributed by atoms with E-state index in [2.05, 4.69) is 10.6 Å². The number of benzene rings is 1. The first kappa shape index (κ1) is 14.5. The van der Waals surface area contributed by atoms with Gasteiger partial charge in [-0.1, -0.05) is 6.92 Å². The fourth-order valence-corrected chi connectivity index (χ4v) is 1.84. The SMILES string of the molecule is CCC(CO)NC(=O)c1ccc(NC(=O)C2CC2)cc1. The third-order valence-corrected chi connectivity index (χ3v) is 3.41. The van der Waals surface area contributed by atoms with E-state index < -0.39 is 0 Å². The van der Waals surface area contributed by atoms with E-state index in [0.29, 0.717) is 17.7 Å². The van der Waals surface area contributed by atoms with Gasteiger partial charge in [0.05, 0.1) is 12.6 Å². The molecule has 1 fully saturated rings. The van der Waals surface area contributed by atoms with Gasteiger partial charge in [-0.25, -0.2) is 0 Å². The molecule has 3 N–H and O–H groups in total. The number of aliphatic hydroxyl groups excluding tert-OH is 1. The first-order valence-corrected chi connectivity index (χ1v) is 6.96. The van der Waals surface area contributed by atoms with Crippen molar-refractivity contribution in [1.82, 2.24) is 5.32 Å². The third kappa shape index (κ3) is 3.81. The zero-order valence-electron chi connectivity index (χ0n) is 11.6. The Hall–Kier alpha value is -1.88. The lowest BCUT2D eigenvalue weighted by atomic mass is 10.1. The van der Waals surface area contributed by atoms with Crippen LogP contribution in [-0.2, 0) is 4.79 Å². The quantitative estimate of drug-likeness (QED) is 0.737. The number of aliphatic hydroxyl groups is 1. The second-order valence-electron chi connectivity index (χ2n) is 5.10. The number of rotatable bonds is 6. The van der Waals surface area contributed by atoms with E-state index in [1.807, 2.05) is 6.92 Å². The van der Waals surface area contributed by atoms with Gasteiger partial charge in [-0.2, -0.15) is 0 Å². The standard InChI is InChI=1S/C15H20N2O3/c1-2-12(9-18)16-14(19)11-5-7-13(8-6-11)17-15(20)10-3-4-10/h5-8,10,12,18H,2-4,9H2,1H3,(H,16,19)(H,17,20). The third-order valence-electron chi connectivity index (χ3n) is 3.41. The summed E-state index contributed by atoms with van der Waals surface area (Å²) < 4.78 is 0. The van der Waals surface area contributed by atoms with Gasteiger partial charge in [-0.15, -0.1) is 0 Å². The summed E-state index contributed by atoms with van der Waals surface area (Å²) in [6.07, 6.45) is 2.61. The summed E-state index contributed by atoms with van der Waals surface area (Å²) in [6, 6.07) is 6.55. The molecular weight excluding hydrogens is 256 g/mol. The van der Waals surface area contributed by atoms with Gasteiger partial charge in [0, 0.05) is 17.2 Å². The number of amides is 2. The molecule has 0 saturated heterocycles. The molecule has 2 amide bonds. The zero-order chi connectivity index (χ0) is 14.5. The Labute approximate surface area is 118 Å². The lowest BCUT2D eigenvalue weighted by Crippen LogP contribution is -2.36. The number of hydrogen-bond donors (Lipinski definition) is 3. The van der Waals surface area contributed by atoms with Gasteiger partial charge in [-0.05, 0) is 43.5 Å². The largest absolute Gasteiger partial charge is 0.394 e. The van der Waals surface area contributed by atoms with Crippen molar-refractivity contribution in [2.45, 2.75) is 32.2 Å². The van der Waals surface area contributed by atoms with Gasteiger partial charge in [0.1, 0.15) is 0 Å². The zero-order valence-corrected chi connectivity index (χ0v) is 11.6. The molecule has 1 atom stereocenters. The fourth-order valence-electron chi connectivity index (χ4n) is 1.84. The molecule has 1 aromatic rings. The van der Waals surface area contributed by atoms with Crippen LogP contribution in [0.15, 0.2) is 24.3 Å². The second kappa shape index (κ2) is 6.52. The maximum absolute atomic E-state index is 11.9. The number of carbonyl (C=O) groups is 2. The molecule has 2 rings (SSSR count). The van der Waals surface area contributed by atoms with Crippen molar-refractivity contribution in [1.29, 1.82) is 0 Å². The van der Waals surface area contributed by atoms with Crippen LogP contribution < -0.4 is 10.6 Å². The van der Waals surface area contributed by atoms with Crippen LogP contribution in [0.4, 0.5) is 5.69 Å². The topological polar surface area (TPSA) is 78.4 Å². The highest BCUT2D eigenvalue weighted by molar-refractivity contribution is 5.96. The molecule has 20 heavy (non-hydrogen) atoms. The van der Waals surface area contributed by atoms with Crippen LogP contribution in [-0.4, -0.2) is 29.6 Å². The van der Waals surface area contributed by atoms with Crippen molar-refractivity contribution in [2.75, 3.05) is 11.9 Å². The maximum atomic E-state index is 11.9. The van der Waals surface area contributed by atoms with Gasteiger partial charge in [0.25, 0.3) is 5.91 Å². The summed E-state index contributed by atoms with van der Waals surface area (Å²) >= 11 is 0. The van der Waals surface area contributed by atoms with Crippen LogP contribution in [0, 0.1) is 5.92 Å². The van der Waals surface area contributed by atoms with Crippen molar-refractivity contribution in [3.8, 4) is 0 Å². The first-order chi connectivity index (χ1) is 9.63. The molecule has 0 aliphatic heterocycles. The van der Waals surface area contributed by atoms with Crippen molar-refractivity contribution in [3.63, 3.8) is 0 Å². The molecular formula is C15H20N2O3. The molecule has 0 radical (unpaired) electrons. The van der Waals surface area contributed by atoms with E-state index in [0.717, 1.165) is 12.8 Å². The molecule has 0 spiro atoms. The summed E-state index contributed by atoms with van der Waals surface area (Å²) in [7, 11) is 0. The van der Waals surface area contributed by atoms with E-state index in [1.165, 1.54) is 0 Å². The Kier molecular flexibility index (Phi) is 4.74. The highest BCUT2D eigenvalue weighted by atomic mass is 16.3. The molecule has 1 aromatic carbocycles. The van der Waals surface area contributed by atoms with Crippen LogP contribution >= 0.6 is 0 Å². The Balaban J connectivity index is 1.93. The van der Waals surface area contributed by atoms with Crippen molar-refractivity contribution in [3.05, 3.63) is 29.8 Å². The average Bonchev–Trinajstić information content (AvgIpc) is 3.29. The molecule has 108 valence electrons. The maximum Gasteiger partial charge on any atom is 0.251 e. The smallest absolute Gasteiger partial charge is 0.251 e. The Bertz CT molecular complexity index is 476. The highest BCUT2D eigenvalue weighted by Gasteiger charge is 2.29. The monoisotopic (exact) mass is 276 g/mol. The Morgan fingerprint density at radius 1 is 1.30 bits per heavy atom. The fraction of sp³-hybridized carbons (Fsp3) is 0.467. The van der Waals surface area contributed by atoms with Gasteiger partial charge in [0.2, 0.25) is 5.91 Å². The van der Waals surface area contributed by atoms with Crippen LogP contribution in [0.2, 0.25) is 0 Å². The number of carbonyl (C=O) groups excluding carboxylic acids is 2. The summed E-state index contributed by atoms with van der Waals surface area (Å²) in [5.74, 6) is -0.00709. The lowest BCUT2D eigenvalue weighted by molar-refractivity contribution is -0.117. The second-order valence-corrected chi connectivity index (χ2v) is 5.10. The summed E-state index contributed by atoms with van der Waals surface area (Å²) in [5.41, 5.74) is 1.22. The van der Waals surface area contributed by atoms with E-state index in [9.17, 15) is 9.59 Å². The molecule has 1 saturated carbocycles. The van der Waals surface area contributed by atoms with Gasteiger partial charge in [-0.3, -0.25) is 9.59 Å². The number of hydrogen-bond acceptors (Lipinski definition) is 3. The normalized spacial score (nSPS) is 15.5. The number of anilines is 1. The van der Waals surface area contributed by atoms with Crippen molar-refractivity contribution >= 4 is 17.5 Å². The van der Waals surface area contributed by atoms with Crippen LogP contribution in [0.5, 0.6) is 0 Å². The Morgan fingerprint density at radius 3 is 2.45 bits per heavy atom. The molecule has 1 unspecified atom stereocenters. The molecule has 0 heterocycles. The van der Waals surface area contributed by atoms with Gasteiger partial charge < -0.3 is 15.7 Å². The van der Waals surface area contributed by atoms with Gasteiger partial charge >= 0.3 is 0 Å². The molecule has 0 aromatic heterocycles. The van der Waals surface area contributed by atoms with E-state index in [1.54, 1.807) is 24.3 Å². The molecule has 1 aliphatic carbocycles. The minimum absolute atomic E-state index is 0.0496. The predicted octanol–water partition coefficient (Wildman–Crippen LogP) is 1.54. The minimum Gasteiger partial charge on any atom is -0.394 e. The molecule has 0 bridgehead atoms. The highest BCUT2D eigenvalue weighted by Crippen LogP contribution is 2.30.